The minimum absolute atomic E-state index is 0.244. The van der Waals surface area contributed by atoms with Crippen molar-refractivity contribution in [1.29, 1.82) is 0 Å². The van der Waals surface area contributed by atoms with Gasteiger partial charge in [0.05, 0.1) is 29.2 Å². The molecule has 10 heteroatoms. The van der Waals surface area contributed by atoms with Gasteiger partial charge in [0.2, 0.25) is 5.91 Å². The molecule has 0 saturated carbocycles. The number of thioether (sulfide) groups is 1. The van der Waals surface area contributed by atoms with E-state index in [1.54, 1.807) is 29.2 Å². The van der Waals surface area contributed by atoms with Crippen molar-refractivity contribution in [2.75, 3.05) is 46.1 Å². The lowest BCUT2D eigenvalue weighted by Crippen LogP contribution is -2.46. The topological polar surface area (TPSA) is 85.4 Å². The molecule has 0 unspecified atom stereocenters. The lowest BCUT2D eigenvalue weighted by Gasteiger charge is -2.28. The van der Waals surface area contributed by atoms with Gasteiger partial charge in [-0.05, 0) is 58.4 Å². The molecule has 0 radical (unpaired) electrons. The maximum absolute atomic E-state index is 12.8. The predicted octanol–water partition coefficient (Wildman–Crippen LogP) is 3.31. The van der Waals surface area contributed by atoms with Gasteiger partial charge in [0.1, 0.15) is 13.2 Å². The number of amides is 3. The highest BCUT2D eigenvalue weighted by Crippen LogP contribution is 2.39. The Morgan fingerprint density at radius 1 is 1.29 bits per heavy atom. The van der Waals surface area contributed by atoms with Crippen LogP contribution in [0.3, 0.4) is 0 Å². The number of morpholine rings is 1. The van der Waals surface area contributed by atoms with E-state index in [9.17, 15) is 14.4 Å². The van der Waals surface area contributed by atoms with Gasteiger partial charge in [-0.3, -0.25) is 19.3 Å². The molecule has 8 nitrogen and oxygen atoms in total. The lowest BCUT2D eigenvalue weighted by molar-refractivity contribution is -0.139. The van der Waals surface area contributed by atoms with Crippen molar-refractivity contribution in [2.24, 2.45) is 0 Å². The van der Waals surface area contributed by atoms with Gasteiger partial charge in [-0.1, -0.05) is 12.7 Å². The fourth-order valence-corrected chi connectivity index (χ4v) is 4.46. The zero-order valence-corrected chi connectivity index (χ0v) is 19.5. The molecular formula is C21H23BrN2O6S. The van der Waals surface area contributed by atoms with Crippen molar-refractivity contribution in [3.63, 3.8) is 0 Å². The Morgan fingerprint density at radius 3 is 2.71 bits per heavy atom. The molecule has 3 amide bonds. The molecule has 0 N–H and O–H groups in total. The van der Waals surface area contributed by atoms with Crippen LogP contribution in [0, 0.1) is 0 Å². The Bertz CT molecular complexity index is 913. The third-order valence-electron chi connectivity index (χ3n) is 4.51. The van der Waals surface area contributed by atoms with Gasteiger partial charge in [0.15, 0.2) is 11.5 Å². The number of hydrogen-bond acceptors (Lipinski definition) is 7. The van der Waals surface area contributed by atoms with Crippen LogP contribution in [0.25, 0.3) is 6.08 Å². The minimum Gasteiger partial charge on any atom is -0.490 e. The highest BCUT2D eigenvalue weighted by Gasteiger charge is 2.37. The Hall–Kier alpha value is -2.30. The van der Waals surface area contributed by atoms with Gasteiger partial charge in [-0.15, -0.1) is 0 Å². The summed E-state index contributed by atoms with van der Waals surface area (Å²) in [4.78, 5) is 40.4. The van der Waals surface area contributed by atoms with Crippen LogP contribution in [-0.4, -0.2) is 72.9 Å². The fraction of sp³-hybridized carbons (Fsp3) is 0.381. The zero-order chi connectivity index (χ0) is 22.4. The largest absolute Gasteiger partial charge is 0.490 e. The van der Waals surface area contributed by atoms with Crippen molar-refractivity contribution in [3.8, 4) is 11.5 Å². The van der Waals surface area contributed by atoms with Crippen molar-refractivity contribution in [2.45, 2.75) is 6.92 Å². The first-order chi connectivity index (χ1) is 14.9. The summed E-state index contributed by atoms with van der Waals surface area (Å²) in [6, 6.07) is 3.51. The quantitative estimate of drug-likeness (QED) is 0.391. The first kappa shape index (κ1) is 23.4. The number of halogens is 1. The number of ether oxygens (including phenoxy) is 3. The van der Waals surface area contributed by atoms with Crippen molar-refractivity contribution in [1.82, 2.24) is 9.80 Å². The van der Waals surface area contributed by atoms with E-state index in [2.05, 4.69) is 22.5 Å². The number of nitrogens with zero attached hydrogens (tertiary/aromatic N) is 2. The van der Waals surface area contributed by atoms with E-state index in [0.29, 0.717) is 61.1 Å². The van der Waals surface area contributed by atoms with E-state index in [0.717, 1.165) is 16.7 Å². The summed E-state index contributed by atoms with van der Waals surface area (Å²) in [5, 5.41) is -0.465. The van der Waals surface area contributed by atoms with Crippen molar-refractivity contribution >= 4 is 50.8 Å². The van der Waals surface area contributed by atoms with E-state index < -0.39 is 11.1 Å². The molecule has 0 bridgehead atoms. The molecule has 31 heavy (non-hydrogen) atoms. The molecule has 0 aromatic heterocycles. The summed E-state index contributed by atoms with van der Waals surface area (Å²) in [5.74, 6) is 0.282. The molecule has 1 aromatic rings. The van der Waals surface area contributed by atoms with Gasteiger partial charge < -0.3 is 19.1 Å². The first-order valence-corrected chi connectivity index (χ1v) is 11.4. The molecule has 0 atom stereocenters. The smallest absolute Gasteiger partial charge is 0.294 e. The SMILES string of the molecule is C=CCOc1c(Br)cc(/C=C2\SC(=O)N(CC(=O)N3CCOCC3)C2=O)cc1OCC. The Labute approximate surface area is 193 Å². The van der Waals surface area contributed by atoms with Gasteiger partial charge in [-0.25, -0.2) is 0 Å². The molecule has 2 saturated heterocycles. The predicted molar refractivity (Wildman–Crippen MR) is 121 cm³/mol. The van der Waals surface area contributed by atoms with Gasteiger partial charge in [0, 0.05) is 13.1 Å². The average Bonchev–Trinajstić information content (AvgIpc) is 3.01. The minimum atomic E-state index is -0.488. The normalized spacial score (nSPS) is 17.9. The third-order valence-corrected chi connectivity index (χ3v) is 6.00. The molecule has 166 valence electrons. The number of rotatable bonds is 8. The molecule has 2 fully saturated rings. The van der Waals surface area contributed by atoms with Crippen molar-refractivity contribution < 1.29 is 28.6 Å². The van der Waals surface area contributed by atoms with E-state index in [4.69, 9.17) is 14.2 Å². The Balaban J connectivity index is 1.78. The lowest BCUT2D eigenvalue weighted by atomic mass is 10.2. The molecular weight excluding hydrogens is 488 g/mol. The van der Waals surface area contributed by atoms with Crippen LogP contribution < -0.4 is 9.47 Å². The van der Waals surface area contributed by atoms with Crippen LogP contribution in [0.15, 0.2) is 34.2 Å². The summed E-state index contributed by atoms with van der Waals surface area (Å²) in [5.41, 5.74) is 0.659. The van der Waals surface area contributed by atoms with Crippen LogP contribution in [0.5, 0.6) is 11.5 Å². The van der Waals surface area contributed by atoms with E-state index in [1.807, 2.05) is 6.92 Å². The Morgan fingerprint density at radius 2 is 2.03 bits per heavy atom. The highest BCUT2D eigenvalue weighted by molar-refractivity contribution is 9.10. The van der Waals surface area contributed by atoms with E-state index >= 15 is 0 Å². The van der Waals surface area contributed by atoms with E-state index in [-0.39, 0.29) is 17.4 Å². The molecule has 2 aliphatic rings. The van der Waals surface area contributed by atoms with Crippen LogP contribution in [0.4, 0.5) is 4.79 Å². The van der Waals surface area contributed by atoms with Gasteiger partial charge in [-0.2, -0.15) is 0 Å². The fourth-order valence-electron chi connectivity index (χ4n) is 3.05. The van der Waals surface area contributed by atoms with Crippen LogP contribution in [0.1, 0.15) is 12.5 Å². The standard InChI is InChI=1S/C21H23BrN2O6S/c1-3-7-30-19-15(22)10-14(11-16(19)29-4-2)12-17-20(26)24(21(27)31-17)13-18(25)23-5-8-28-9-6-23/h3,10-12H,1,4-9,13H2,2H3/b17-12-. The molecule has 0 aliphatic carbocycles. The number of imide groups is 1. The van der Waals surface area contributed by atoms with E-state index in [1.165, 1.54) is 0 Å². The summed E-state index contributed by atoms with van der Waals surface area (Å²) in [6.45, 7) is 7.79. The summed E-state index contributed by atoms with van der Waals surface area (Å²) in [7, 11) is 0. The van der Waals surface area contributed by atoms with Crippen LogP contribution >= 0.6 is 27.7 Å². The zero-order valence-electron chi connectivity index (χ0n) is 17.1. The summed E-state index contributed by atoms with van der Waals surface area (Å²) < 4.78 is 17.2. The molecule has 2 aliphatic heterocycles. The van der Waals surface area contributed by atoms with Crippen LogP contribution in [-0.2, 0) is 14.3 Å². The van der Waals surface area contributed by atoms with Gasteiger partial charge >= 0.3 is 0 Å². The molecule has 3 rings (SSSR count). The number of benzene rings is 1. The highest BCUT2D eigenvalue weighted by atomic mass is 79.9. The second-order valence-corrected chi connectivity index (χ2v) is 8.47. The summed E-state index contributed by atoms with van der Waals surface area (Å²) >= 11 is 4.28. The summed E-state index contributed by atoms with van der Waals surface area (Å²) in [6.07, 6.45) is 3.24. The molecule has 1 aromatic carbocycles. The van der Waals surface area contributed by atoms with Gasteiger partial charge in [0.25, 0.3) is 11.1 Å². The third kappa shape index (κ3) is 5.69. The second-order valence-electron chi connectivity index (χ2n) is 6.62. The maximum atomic E-state index is 12.8. The second kappa shape index (κ2) is 10.8. The molecule has 0 spiro atoms. The first-order valence-electron chi connectivity index (χ1n) is 9.75. The number of carbonyl (C=O) groups excluding carboxylic acids is 3. The number of carbonyl (C=O) groups is 3. The van der Waals surface area contributed by atoms with Crippen molar-refractivity contribution in [3.05, 3.63) is 39.7 Å². The average molecular weight is 511 g/mol. The Kier molecular flexibility index (Phi) is 8.16. The maximum Gasteiger partial charge on any atom is 0.294 e. The van der Waals surface area contributed by atoms with Crippen LogP contribution in [0.2, 0.25) is 0 Å². The molecule has 2 heterocycles. The monoisotopic (exact) mass is 510 g/mol. The number of hydrogen-bond donors (Lipinski definition) is 0.